The highest BCUT2D eigenvalue weighted by molar-refractivity contribution is 6.38. The zero-order chi connectivity index (χ0) is 26.7. The van der Waals surface area contributed by atoms with Crippen LogP contribution in [0.3, 0.4) is 0 Å². The summed E-state index contributed by atoms with van der Waals surface area (Å²) in [6, 6.07) is 17.9. The Balaban J connectivity index is 2.24. The summed E-state index contributed by atoms with van der Waals surface area (Å²) in [5.41, 5.74) is 0.895. The van der Waals surface area contributed by atoms with Gasteiger partial charge in [0, 0.05) is 0 Å². The maximum Gasteiger partial charge on any atom is 0.164 e. The lowest BCUT2D eigenvalue weighted by molar-refractivity contribution is -0.137. The van der Waals surface area contributed by atoms with E-state index in [-0.39, 0.29) is 44.8 Å². The summed E-state index contributed by atoms with van der Waals surface area (Å²) in [7, 11) is 26.0. The number of benzene rings is 4. The fourth-order valence-electron chi connectivity index (χ4n) is 4.63. The van der Waals surface area contributed by atoms with Gasteiger partial charge in [-0.2, -0.15) is 0 Å². The quantitative estimate of drug-likeness (QED) is 0.124. The minimum atomic E-state index is -1.45. The Bertz CT molecular complexity index is 1230. The molecule has 0 atom stereocenters. The molecule has 4 aromatic carbocycles. The topological polar surface area (TPSA) is 118 Å². The molecule has 0 amide bonds. The highest BCUT2D eigenvalue weighted by Crippen LogP contribution is 2.44. The first-order valence-corrected chi connectivity index (χ1v) is 10.7. The van der Waals surface area contributed by atoms with E-state index in [9.17, 15) is 21.0 Å². The Labute approximate surface area is 217 Å². The first kappa shape index (κ1) is 26.2. The van der Waals surface area contributed by atoms with Crippen molar-refractivity contribution in [2.75, 3.05) is 0 Å². The molecule has 0 unspecified atom stereocenters. The van der Waals surface area contributed by atoms with Gasteiger partial charge < -0.3 is 19.6 Å². The molecule has 8 radical (unpaired) electrons. The Morgan fingerprint density at radius 2 is 0.622 bits per heavy atom. The smallest absolute Gasteiger partial charge is 0.164 e. The molecule has 0 saturated heterocycles. The van der Waals surface area contributed by atoms with Gasteiger partial charge in [-0.1, -0.05) is 46.1 Å². The van der Waals surface area contributed by atoms with Crippen molar-refractivity contribution in [2.24, 2.45) is 0 Å². The molecule has 8 nitrogen and oxygen atoms in total. The van der Waals surface area contributed by atoms with Gasteiger partial charge in [-0.25, -0.2) is 21.0 Å². The van der Waals surface area contributed by atoms with Crippen LogP contribution in [0.5, 0.6) is 23.0 Å². The van der Waals surface area contributed by atoms with E-state index in [1.54, 1.807) is 24.3 Å². The Morgan fingerprint density at radius 1 is 0.405 bits per heavy atom. The molecule has 4 N–H and O–H groups in total. The molecule has 12 heteroatoms. The van der Waals surface area contributed by atoms with E-state index in [1.807, 2.05) is 0 Å². The van der Waals surface area contributed by atoms with Crippen molar-refractivity contribution in [1.29, 1.82) is 0 Å². The second kappa shape index (κ2) is 10.7. The van der Waals surface area contributed by atoms with E-state index in [0.717, 1.165) is 0 Å². The average Bonchev–Trinajstić information content (AvgIpc) is 2.91. The summed E-state index contributed by atoms with van der Waals surface area (Å²) < 4.78 is 0. The molecule has 176 valence electrons. The second-order valence-corrected chi connectivity index (χ2v) is 8.11. The van der Waals surface area contributed by atoms with Crippen molar-refractivity contribution in [3.63, 3.8) is 0 Å². The van der Waals surface area contributed by atoms with Crippen LogP contribution in [0.4, 0.5) is 0 Å². The molecule has 0 spiro atoms. The van der Waals surface area contributed by atoms with E-state index in [1.165, 1.54) is 48.5 Å². The van der Waals surface area contributed by atoms with E-state index in [2.05, 4.69) is 19.6 Å². The van der Waals surface area contributed by atoms with Crippen molar-refractivity contribution >= 4 is 53.2 Å². The Kier molecular flexibility index (Phi) is 7.56. The lowest BCUT2D eigenvalue weighted by Gasteiger charge is -2.41. The zero-order valence-electron chi connectivity index (χ0n) is 19.2. The summed E-state index contributed by atoms with van der Waals surface area (Å²) in [4.78, 5) is 17.4. The van der Waals surface area contributed by atoms with Gasteiger partial charge >= 0.3 is 0 Å². The fraction of sp³-hybridized carbons (Fsp3) is 0.0400. The number of hydrogen-bond acceptors (Lipinski definition) is 8. The van der Waals surface area contributed by atoms with Gasteiger partial charge in [-0.05, 0) is 70.8 Å². The molecule has 37 heavy (non-hydrogen) atoms. The third kappa shape index (κ3) is 4.56. The van der Waals surface area contributed by atoms with Crippen molar-refractivity contribution < 1.29 is 40.6 Å². The van der Waals surface area contributed by atoms with E-state index in [4.69, 9.17) is 31.4 Å². The summed E-state index contributed by atoms with van der Waals surface area (Å²) in [5, 5.41) is 36.7. The highest BCUT2D eigenvalue weighted by atomic mass is 17.1. The predicted molar refractivity (Wildman–Crippen MR) is 139 cm³/mol. The molecular weight excluding hydrogens is 472 g/mol. The number of hydrogen-bond donors (Lipinski definition) is 4. The minimum Gasteiger partial charge on any atom is -0.340 e. The van der Waals surface area contributed by atoms with Gasteiger partial charge in [-0.15, -0.1) is 0 Å². The van der Waals surface area contributed by atoms with Crippen LogP contribution in [0.15, 0.2) is 72.8 Å². The maximum atomic E-state index is 9.18. The maximum absolute atomic E-state index is 9.18. The molecule has 4 aromatic rings. The van der Waals surface area contributed by atoms with Crippen molar-refractivity contribution in [3.05, 3.63) is 95.1 Å². The monoisotopic (exact) mass is 488 g/mol. The largest absolute Gasteiger partial charge is 0.340 e. The van der Waals surface area contributed by atoms with Crippen LogP contribution in [0.1, 0.15) is 22.3 Å². The van der Waals surface area contributed by atoms with Crippen molar-refractivity contribution in [1.82, 2.24) is 0 Å². The summed E-state index contributed by atoms with van der Waals surface area (Å²) in [6.45, 7) is 0. The van der Waals surface area contributed by atoms with E-state index in [0.29, 0.717) is 22.3 Å². The van der Waals surface area contributed by atoms with Gasteiger partial charge in [0.05, 0.1) is 5.41 Å². The van der Waals surface area contributed by atoms with Crippen LogP contribution in [0, 0.1) is 0 Å². The molecule has 0 heterocycles. The Morgan fingerprint density at radius 3 is 0.784 bits per heavy atom. The third-order valence-electron chi connectivity index (χ3n) is 6.13. The van der Waals surface area contributed by atoms with E-state index >= 15 is 0 Å². The van der Waals surface area contributed by atoms with Crippen LogP contribution in [0.2, 0.25) is 0 Å². The first-order chi connectivity index (χ1) is 17.8. The second-order valence-electron chi connectivity index (χ2n) is 8.11. The van der Waals surface area contributed by atoms with Gasteiger partial charge in [-0.3, -0.25) is 0 Å². The van der Waals surface area contributed by atoms with Gasteiger partial charge in [0.2, 0.25) is 0 Å². The van der Waals surface area contributed by atoms with Crippen LogP contribution in [-0.4, -0.2) is 52.4 Å². The number of rotatable bonds is 8. The summed E-state index contributed by atoms with van der Waals surface area (Å²) in [5.74, 6) is 0.282. The average molecular weight is 488 g/mol. The SMILES string of the molecule is [B]c1cc(OO)ccc1C(c1ccc(OO)cc1[B])(c1ccc(OO)cc1[B])c1ccc(OO)cc1[B]. The standard InChI is InChI=1S/C25H16B4O8/c26-21-9-13(34-30)1-5-17(21)25(18-6-2-14(35-31)10-22(18)27,19-7-3-15(36-32)11-23(19)28)20-8-4-16(37-33)12-24(20)29/h1-12,30-33H. The van der Waals surface area contributed by atoms with Crippen LogP contribution >= 0.6 is 0 Å². The molecule has 0 fully saturated rings. The van der Waals surface area contributed by atoms with Gasteiger partial charge in [0.1, 0.15) is 31.4 Å². The molecule has 4 rings (SSSR count). The normalized spacial score (nSPS) is 11.1. The molecule has 0 aliphatic rings. The lowest BCUT2D eigenvalue weighted by Crippen LogP contribution is -2.45. The molecule has 0 aliphatic carbocycles. The van der Waals surface area contributed by atoms with Crippen LogP contribution < -0.4 is 41.4 Å². The first-order valence-electron chi connectivity index (χ1n) is 10.7. The molecule has 0 saturated carbocycles. The summed E-state index contributed by atoms with van der Waals surface area (Å²) in [6.07, 6.45) is 0. The van der Waals surface area contributed by atoms with Gasteiger partial charge in [0.15, 0.2) is 23.0 Å². The highest BCUT2D eigenvalue weighted by Gasteiger charge is 2.42. The van der Waals surface area contributed by atoms with Crippen molar-refractivity contribution in [3.8, 4) is 23.0 Å². The van der Waals surface area contributed by atoms with E-state index < -0.39 is 5.41 Å². The minimum absolute atomic E-state index is 0.0705. The molecule has 0 aliphatic heterocycles. The zero-order valence-corrected chi connectivity index (χ0v) is 19.2. The molecule has 0 aromatic heterocycles. The summed E-state index contributed by atoms with van der Waals surface area (Å²) >= 11 is 0. The predicted octanol–water partition coefficient (Wildman–Crippen LogP) is 0.652. The molecule has 0 bridgehead atoms. The fourth-order valence-corrected chi connectivity index (χ4v) is 4.63. The van der Waals surface area contributed by atoms with Gasteiger partial charge in [0.25, 0.3) is 0 Å². The molecular formula is C25H16B4O8. The van der Waals surface area contributed by atoms with Crippen LogP contribution in [0.25, 0.3) is 0 Å². The third-order valence-corrected chi connectivity index (χ3v) is 6.13. The van der Waals surface area contributed by atoms with Crippen molar-refractivity contribution in [2.45, 2.75) is 5.41 Å². The lowest BCUT2D eigenvalue weighted by atomic mass is 9.56. The Hall–Kier alpha value is -3.82. The van der Waals surface area contributed by atoms with Crippen LogP contribution in [-0.2, 0) is 5.41 Å².